The van der Waals surface area contributed by atoms with Crippen molar-refractivity contribution in [2.24, 2.45) is 0 Å². The molecular weight excluding hydrogens is 222 g/mol. The standard InChI is InChI=1S/C15H15N3/c1-10-5-4-6-11(2)14(10)18-15-13(9-16)8-7-12(3)17-15/h4-8H,1-3H3,(H,17,18). The molecule has 1 aromatic heterocycles. The number of hydrogen-bond acceptors (Lipinski definition) is 3. The van der Waals surface area contributed by atoms with Gasteiger partial charge in [-0.3, -0.25) is 0 Å². The Morgan fingerprint density at radius 1 is 1.06 bits per heavy atom. The Labute approximate surface area is 107 Å². The second kappa shape index (κ2) is 4.89. The van der Waals surface area contributed by atoms with E-state index in [0.717, 1.165) is 22.5 Å². The van der Waals surface area contributed by atoms with Gasteiger partial charge in [-0.2, -0.15) is 5.26 Å². The summed E-state index contributed by atoms with van der Waals surface area (Å²) >= 11 is 0. The van der Waals surface area contributed by atoms with E-state index in [2.05, 4.69) is 16.4 Å². The van der Waals surface area contributed by atoms with Crippen molar-refractivity contribution in [2.45, 2.75) is 20.8 Å². The summed E-state index contributed by atoms with van der Waals surface area (Å²) in [6.45, 7) is 5.99. The van der Waals surface area contributed by atoms with Crippen LogP contribution in [0.1, 0.15) is 22.4 Å². The average Bonchev–Trinajstić information content (AvgIpc) is 2.34. The molecule has 18 heavy (non-hydrogen) atoms. The molecule has 1 aromatic carbocycles. The zero-order valence-corrected chi connectivity index (χ0v) is 10.8. The van der Waals surface area contributed by atoms with Gasteiger partial charge in [0.15, 0.2) is 0 Å². The summed E-state index contributed by atoms with van der Waals surface area (Å²) in [5, 5.41) is 12.4. The molecule has 3 heteroatoms. The molecule has 0 aliphatic carbocycles. The molecule has 2 rings (SSSR count). The monoisotopic (exact) mass is 237 g/mol. The van der Waals surface area contributed by atoms with Gasteiger partial charge in [0.2, 0.25) is 0 Å². The van der Waals surface area contributed by atoms with Gasteiger partial charge in [0.25, 0.3) is 0 Å². The summed E-state index contributed by atoms with van der Waals surface area (Å²) in [4.78, 5) is 4.39. The van der Waals surface area contributed by atoms with Crippen LogP contribution in [0.3, 0.4) is 0 Å². The molecule has 1 heterocycles. The van der Waals surface area contributed by atoms with Gasteiger partial charge in [0.1, 0.15) is 11.9 Å². The van der Waals surface area contributed by atoms with E-state index in [4.69, 9.17) is 5.26 Å². The maximum absolute atomic E-state index is 9.10. The number of benzene rings is 1. The highest BCUT2D eigenvalue weighted by molar-refractivity contribution is 5.68. The number of nitrogens with zero attached hydrogens (tertiary/aromatic N) is 2. The zero-order chi connectivity index (χ0) is 13.1. The van der Waals surface area contributed by atoms with E-state index < -0.39 is 0 Å². The van der Waals surface area contributed by atoms with Crippen molar-refractivity contribution in [2.75, 3.05) is 5.32 Å². The first-order chi connectivity index (χ1) is 8.61. The van der Waals surface area contributed by atoms with Gasteiger partial charge in [-0.1, -0.05) is 18.2 Å². The summed E-state index contributed by atoms with van der Waals surface area (Å²) in [6.07, 6.45) is 0. The summed E-state index contributed by atoms with van der Waals surface area (Å²) < 4.78 is 0. The molecule has 0 saturated heterocycles. The summed E-state index contributed by atoms with van der Waals surface area (Å²) in [5.41, 5.74) is 4.75. The highest BCUT2D eigenvalue weighted by Crippen LogP contribution is 2.25. The Kier molecular flexibility index (Phi) is 3.29. The lowest BCUT2D eigenvalue weighted by molar-refractivity contribution is 1.18. The molecule has 0 amide bonds. The van der Waals surface area contributed by atoms with Gasteiger partial charge >= 0.3 is 0 Å². The van der Waals surface area contributed by atoms with Gasteiger partial charge in [-0.05, 0) is 44.0 Å². The maximum atomic E-state index is 9.10. The lowest BCUT2D eigenvalue weighted by atomic mass is 10.1. The summed E-state index contributed by atoms with van der Waals surface area (Å²) in [6, 6.07) is 11.9. The van der Waals surface area contributed by atoms with Crippen LogP contribution in [0.4, 0.5) is 11.5 Å². The van der Waals surface area contributed by atoms with E-state index >= 15 is 0 Å². The van der Waals surface area contributed by atoms with E-state index in [1.165, 1.54) is 0 Å². The van der Waals surface area contributed by atoms with E-state index in [-0.39, 0.29) is 0 Å². The second-order valence-corrected chi connectivity index (χ2v) is 4.35. The Morgan fingerprint density at radius 2 is 1.72 bits per heavy atom. The van der Waals surface area contributed by atoms with Crippen molar-refractivity contribution < 1.29 is 0 Å². The molecule has 2 aromatic rings. The summed E-state index contributed by atoms with van der Waals surface area (Å²) in [7, 11) is 0. The van der Waals surface area contributed by atoms with Gasteiger partial charge in [0.05, 0.1) is 5.56 Å². The topological polar surface area (TPSA) is 48.7 Å². The third-order valence-corrected chi connectivity index (χ3v) is 2.88. The molecule has 0 aliphatic rings. The van der Waals surface area contributed by atoms with Crippen molar-refractivity contribution >= 4 is 11.5 Å². The molecule has 3 nitrogen and oxygen atoms in total. The molecule has 1 N–H and O–H groups in total. The van der Waals surface area contributed by atoms with Crippen molar-refractivity contribution in [1.82, 2.24) is 4.98 Å². The largest absolute Gasteiger partial charge is 0.339 e. The number of nitriles is 1. The number of pyridine rings is 1. The first-order valence-electron chi connectivity index (χ1n) is 5.83. The van der Waals surface area contributed by atoms with E-state index in [1.54, 1.807) is 6.07 Å². The predicted molar refractivity (Wildman–Crippen MR) is 72.9 cm³/mol. The number of anilines is 2. The molecule has 90 valence electrons. The number of nitrogens with one attached hydrogen (secondary N) is 1. The van der Waals surface area contributed by atoms with Crippen LogP contribution in [0.5, 0.6) is 0 Å². The van der Waals surface area contributed by atoms with Crippen LogP contribution in [0.2, 0.25) is 0 Å². The molecule has 0 fully saturated rings. The van der Waals surface area contributed by atoms with Crippen LogP contribution >= 0.6 is 0 Å². The third-order valence-electron chi connectivity index (χ3n) is 2.88. The second-order valence-electron chi connectivity index (χ2n) is 4.35. The number of aromatic nitrogens is 1. The number of para-hydroxylation sites is 1. The molecule has 0 aliphatic heterocycles. The maximum Gasteiger partial charge on any atom is 0.148 e. The molecule has 0 radical (unpaired) electrons. The highest BCUT2D eigenvalue weighted by atomic mass is 15.0. The van der Waals surface area contributed by atoms with Gasteiger partial charge in [-0.25, -0.2) is 4.98 Å². The molecule has 0 spiro atoms. The Balaban J connectivity index is 2.46. The molecular formula is C15H15N3. The Bertz CT molecular complexity index is 604. The lowest BCUT2D eigenvalue weighted by Crippen LogP contribution is -2.01. The normalized spacial score (nSPS) is 9.89. The van der Waals surface area contributed by atoms with Crippen LogP contribution in [-0.2, 0) is 0 Å². The molecule has 0 unspecified atom stereocenters. The lowest BCUT2D eigenvalue weighted by Gasteiger charge is -2.13. The van der Waals surface area contributed by atoms with Gasteiger partial charge < -0.3 is 5.32 Å². The zero-order valence-electron chi connectivity index (χ0n) is 10.8. The fourth-order valence-electron chi connectivity index (χ4n) is 1.87. The van der Waals surface area contributed by atoms with Crippen molar-refractivity contribution in [3.8, 4) is 6.07 Å². The Morgan fingerprint density at radius 3 is 2.33 bits per heavy atom. The SMILES string of the molecule is Cc1ccc(C#N)c(Nc2c(C)cccc2C)n1. The van der Waals surface area contributed by atoms with E-state index in [9.17, 15) is 0 Å². The minimum Gasteiger partial charge on any atom is -0.339 e. The fraction of sp³-hybridized carbons (Fsp3) is 0.200. The number of hydrogen-bond donors (Lipinski definition) is 1. The predicted octanol–water partition coefficient (Wildman–Crippen LogP) is 3.62. The Hall–Kier alpha value is -2.34. The van der Waals surface area contributed by atoms with Crippen molar-refractivity contribution in [3.05, 3.63) is 52.7 Å². The number of aryl methyl sites for hydroxylation is 3. The molecule has 0 bridgehead atoms. The van der Waals surface area contributed by atoms with Gasteiger partial charge in [-0.15, -0.1) is 0 Å². The van der Waals surface area contributed by atoms with Crippen LogP contribution in [0, 0.1) is 32.1 Å². The first-order valence-corrected chi connectivity index (χ1v) is 5.83. The van der Waals surface area contributed by atoms with Crippen LogP contribution in [0.25, 0.3) is 0 Å². The van der Waals surface area contributed by atoms with E-state index in [0.29, 0.717) is 11.4 Å². The van der Waals surface area contributed by atoms with Crippen LogP contribution in [-0.4, -0.2) is 4.98 Å². The average molecular weight is 237 g/mol. The summed E-state index contributed by atoms with van der Waals surface area (Å²) in [5.74, 6) is 0.620. The van der Waals surface area contributed by atoms with Gasteiger partial charge in [0, 0.05) is 11.4 Å². The minimum absolute atomic E-state index is 0.559. The third kappa shape index (κ3) is 2.33. The fourth-order valence-corrected chi connectivity index (χ4v) is 1.87. The van der Waals surface area contributed by atoms with Crippen molar-refractivity contribution in [3.63, 3.8) is 0 Å². The smallest absolute Gasteiger partial charge is 0.148 e. The van der Waals surface area contributed by atoms with Crippen LogP contribution in [0.15, 0.2) is 30.3 Å². The van der Waals surface area contributed by atoms with Crippen molar-refractivity contribution in [1.29, 1.82) is 5.26 Å². The minimum atomic E-state index is 0.559. The van der Waals surface area contributed by atoms with E-state index in [1.807, 2.05) is 45.0 Å². The number of rotatable bonds is 2. The molecule has 0 atom stereocenters. The highest BCUT2D eigenvalue weighted by Gasteiger charge is 2.07. The molecule has 0 saturated carbocycles. The first kappa shape index (κ1) is 12.1. The van der Waals surface area contributed by atoms with Crippen LogP contribution < -0.4 is 5.32 Å². The quantitative estimate of drug-likeness (QED) is 0.867.